The predicted molar refractivity (Wildman–Crippen MR) is 87.7 cm³/mol. The summed E-state index contributed by atoms with van der Waals surface area (Å²) in [6.45, 7) is 3.39. The Kier molecular flexibility index (Phi) is 3.57. The van der Waals surface area contributed by atoms with Crippen LogP contribution in [0.15, 0.2) is 30.3 Å². The molecule has 1 amide bonds. The topological polar surface area (TPSA) is 63.4 Å². The lowest BCUT2D eigenvalue weighted by Gasteiger charge is -2.32. The highest BCUT2D eigenvalue weighted by atomic mass is 32.1. The van der Waals surface area contributed by atoms with Gasteiger partial charge in [-0.2, -0.15) is 0 Å². The number of piperidine rings is 1. The SMILES string of the molecule is Cc1ncncc1C(=O)N1CCC(c2csc3nccn23)CC1. The number of likely N-dealkylation sites (tertiary alicyclic amines) is 1. The molecule has 118 valence electrons. The highest BCUT2D eigenvalue weighted by Crippen LogP contribution is 2.31. The quantitative estimate of drug-likeness (QED) is 0.725. The number of carbonyl (C=O) groups is 1. The Morgan fingerprint density at radius 1 is 1.30 bits per heavy atom. The molecule has 7 heteroatoms. The van der Waals surface area contributed by atoms with Crippen LogP contribution in [0, 0.1) is 6.92 Å². The average Bonchev–Trinajstić information content (AvgIpc) is 3.18. The van der Waals surface area contributed by atoms with Crippen LogP contribution in [0.3, 0.4) is 0 Å². The van der Waals surface area contributed by atoms with Gasteiger partial charge < -0.3 is 4.90 Å². The number of rotatable bonds is 2. The molecule has 6 nitrogen and oxygen atoms in total. The number of imidazole rings is 1. The summed E-state index contributed by atoms with van der Waals surface area (Å²) in [5.74, 6) is 0.523. The lowest BCUT2D eigenvalue weighted by molar-refractivity contribution is 0.0710. The number of carbonyl (C=O) groups excluding carboxylic acids is 1. The van der Waals surface area contributed by atoms with Gasteiger partial charge in [0.25, 0.3) is 5.91 Å². The number of aryl methyl sites for hydroxylation is 1. The van der Waals surface area contributed by atoms with Crippen molar-refractivity contribution in [1.29, 1.82) is 0 Å². The van der Waals surface area contributed by atoms with Gasteiger partial charge in [0.15, 0.2) is 4.96 Å². The molecule has 1 saturated heterocycles. The third kappa shape index (κ3) is 2.50. The minimum atomic E-state index is 0.0413. The van der Waals surface area contributed by atoms with E-state index in [4.69, 9.17) is 0 Å². The molecule has 0 aliphatic carbocycles. The Morgan fingerprint density at radius 2 is 2.13 bits per heavy atom. The zero-order valence-electron chi connectivity index (χ0n) is 12.8. The summed E-state index contributed by atoms with van der Waals surface area (Å²) in [5.41, 5.74) is 2.66. The molecule has 3 aromatic heterocycles. The van der Waals surface area contributed by atoms with Crippen molar-refractivity contribution in [3.8, 4) is 0 Å². The second-order valence-electron chi connectivity index (χ2n) is 5.83. The summed E-state index contributed by atoms with van der Waals surface area (Å²) >= 11 is 1.67. The molecule has 0 radical (unpaired) electrons. The fraction of sp³-hybridized carbons (Fsp3) is 0.375. The summed E-state index contributed by atoms with van der Waals surface area (Å²) in [6.07, 6.45) is 8.90. The van der Waals surface area contributed by atoms with Gasteiger partial charge in [0.1, 0.15) is 6.33 Å². The van der Waals surface area contributed by atoms with Gasteiger partial charge in [0.05, 0.1) is 11.3 Å². The maximum absolute atomic E-state index is 12.6. The van der Waals surface area contributed by atoms with Gasteiger partial charge in [-0.15, -0.1) is 11.3 Å². The van der Waals surface area contributed by atoms with Gasteiger partial charge in [-0.25, -0.2) is 15.0 Å². The fourth-order valence-electron chi connectivity index (χ4n) is 3.19. The summed E-state index contributed by atoms with van der Waals surface area (Å²) in [5, 5.41) is 2.19. The van der Waals surface area contributed by atoms with Gasteiger partial charge in [-0.05, 0) is 19.8 Å². The van der Waals surface area contributed by atoms with Crippen molar-refractivity contribution in [2.24, 2.45) is 0 Å². The highest BCUT2D eigenvalue weighted by molar-refractivity contribution is 7.15. The van der Waals surface area contributed by atoms with Crippen LogP contribution in [0.1, 0.15) is 40.5 Å². The third-order valence-electron chi connectivity index (χ3n) is 4.51. The summed E-state index contributed by atoms with van der Waals surface area (Å²) in [6, 6.07) is 0. The lowest BCUT2D eigenvalue weighted by atomic mass is 9.93. The first kappa shape index (κ1) is 14.3. The van der Waals surface area contributed by atoms with Crippen LogP contribution in [0.5, 0.6) is 0 Å². The van der Waals surface area contributed by atoms with Crippen molar-refractivity contribution in [2.45, 2.75) is 25.7 Å². The second kappa shape index (κ2) is 5.73. The van der Waals surface area contributed by atoms with Gasteiger partial charge in [0, 0.05) is 48.7 Å². The number of fused-ring (bicyclic) bond motifs is 1. The lowest BCUT2D eigenvalue weighted by Crippen LogP contribution is -2.38. The van der Waals surface area contributed by atoms with Crippen LogP contribution < -0.4 is 0 Å². The van der Waals surface area contributed by atoms with E-state index in [2.05, 4.69) is 24.7 Å². The van der Waals surface area contributed by atoms with Gasteiger partial charge in [0.2, 0.25) is 0 Å². The summed E-state index contributed by atoms with van der Waals surface area (Å²) in [7, 11) is 0. The zero-order valence-corrected chi connectivity index (χ0v) is 13.7. The predicted octanol–water partition coefficient (Wildman–Crippen LogP) is 2.51. The number of hydrogen-bond acceptors (Lipinski definition) is 5. The Morgan fingerprint density at radius 3 is 2.91 bits per heavy atom. The van der Waals surface area contributed by atoms with Crippen LogP contribution in [0.4, 0.5) is 0 Å². The van der Waals surface area contributed by atoms with E-state index in [1.54, 1.807) is 17.5 Å². The fourth-order valence-corrected chi connectivity index (χ4v) is 4.12. The van der Waals surface area contributed by atoms with Crippen molar-refractivity contribution in [3.05, 3.63) is 47.2 Å². The van der Waals surface area contributed by atoms with Crippen molar-refractivity contribution in [3.63, 3.8) is 0 Å². The Bertz CT molecular complexity index is 847. The average molecular weight is 327 g/mol. The van der Waals surface area contributed by atoms with E-state index in [0.717, 1.165) is 36.6 Å². The molecule has 0 N–H and O–H groups in total. The van der Waals surface area contributed by atoms with Crippen LogP contribution in [-0.4, -0.2) is 43.2 Å². The first-order chi connectivity index (χ1) is 11.2. The number of hydrogen-bond donors (Lipinski definition) is 0. The first-order valence-corrected chi connectivity index (χ1v) is 8.58. The molecule has 0 spiro atoms. The standard InChI is InChI=1S/C16H17N5OS/c1-11-13(8-17-10-19-11)15(22)20-5-2-12(3-6-20)14-9-23-16-18-4-7-21(14)16/h4,7-10,12H,2-3,5-6H2,1H3. The summed E-state index contributed by atoms with van der Waals surface area (Å²) < 4.78 is 2.17. The first-order valence-electron chi connectivity index (χ1n) is 7.70. The molecule has 3 aromatic rings. The van der Waals surface area contributed by atoms with E-state index in [1.807, 2.05) is 24.2 Å². The third-order valence-corrected chi connectivity index (χ3v) is 5.38. The zero-order chi connectivity index (χ0) is 15.8. The van der Waals surface area contributed by atoms with Crippen LogP contribution in [0.2, 0.25) is 0 Å². The highest BCUT2D eigenvalue weighted by Gasteiger charge is 2.27. The molecule has 1 fully saturated rings. The number of thiazole rings is 1. The molecule has 1 aliphatic heterocycles. The Balaban J connectivity index is 1.48. The van der Waals surface area contributed by atoms with Crippen LogP contribution >= 0.6 is 11.3 Å². The molecule has 23 heavy (non-hydrogen) atoms. The number of nitrogens with zero attached hydrogens (tertiary/aromatic N) is 5. The van der Waals surface area contributed by atoms with Crippen molar-refractivity contribution in [1.82, 2.24) is 24.3 Å². The maximum atomic E-state index is 12.6. The second-order valence-corrected chi connectivity index (χ2v) is 6.67. The minimum Gasteiger partial charge on any atom is -0.338 e. The largest absolute Gasteiger partial charge is 0.338 e. The molecule has 1 aliphatic rings. The molecule has 0 bridgehead atoms. The van der Waals surface area contributed by atoms with E-state index >= 15 is 0 Å². The van der Waals surface area contributed by atoms with Crippen LogP contribution in [-0.2, 0) is 0 Å². The van der Waals surface area contributed by atoms with E-state index in [0.29, 0.717) is 11.5 Å². The molecular formula is C16H17N5OS. The Hall–Kier alpha value is -2.28. The van der Waals surface area contributed by atoms with Gasteiger partial charge in [-0.1, -0.05) is 0 Å². The van der Waals surface area contributed by atoms with Gasteiger partial charge in [-0.3, -0.25) is 9.20 Å². The van der Waals surface area contributed by atoms with Gasteiger partial charge >= 0.3 is 0 Å². The van der Waals surface area contributed by atoms with Crippen LogP contribution in [0.25, 0.3) is 4.96 Å². The van der Waals surface area contributed by atoms with E-state index in [9.17, 15) is 4.79 Å². The Labute approximate surface area is 137 Å². The van der Waals surface area contributed by atoms with E-state index in [-0.39, 0.29) is 5.91 Å². The molecule has 0 atom stereocenters. The number of aromatic nitrogens is 4. The summed E-state index contributed by atoms with van der Waals surface area (Å²) in [4.78, 5) is 28.0. The normalized spacial score (nSPS) is 16.1. The molecular weight excluding hydrogens is 310 g/mol. The van der Waals surface area contributed by atoms with Crippen molar-refractivity contribution >= 4 is 22.2 Å². The monoisotopic (exact) mass is 327 g/mol. The van der Waals surface area contributed by atoms with Crippen molar-refractivity contribution < 1.29 is 4.79 Å². The molecule has 4 heterocycles. The molecule has 0 aromatic carbocycles. The molecule has 0 unspecified atom stereocenters. The van der Waals surface area contributed by atoms with Crippen molar-refractivity contribution in [2.75, 3.05) is 13.1 Å². The maximum Gasteiger partial charge on any atom is 0.257 e. The minimum absolute atomic E-state index is 0.0413. The van der Waals surface area contributed by atoms with E-state index in [1.165, 1.54) is 12.0 Å². The molecule has 4 rings (SSSR count). The molecule has 0 saturated carbocycles. The number of amides is 1. The van der Waals surface area contributed by atoms with E-state index < -0.39 is 0 Å². The smallest absolute Gasteiger partial charge is 0.257 e.